The molecule has 0 aromatic carbocycles. The summed E-state index contributed by atoms with van der Waals surface area (Å²) in [5.74, 6) is 0.402. The van der Waals surface area contributed by atoms with Crippen LogP contribution in [0, 0.1) is 5.92 Å². The Bertz CT molecular complexity index is 258. The Hall–Kier alpha value is -0.660. The van der Waals surface area contributed by atoms with E-state index in [-0.39, 0.29) is 17.5 Å². The lowest BCUT2D eigenvalue weighted by Crippen LogP contribution is -2.14. The topological polar surface area (TPSA) is 34.1 Å². The van der Waals surface area contributed by atoms with Crippen LogP contribution < -0.4 is 0 Å². The summed E-state index contributed by atoms with van der Waals surface area (Å²) in [6, 6.07) is 0. The summed E-state index contributed by atoms with van der Waals surface area (Å²) in [5.41, 5.74) is 0. The predicted molar refractivity (Wildman–Crippen MR) is 85.9 cm³/mol. The van der Waals surface area contributed by atoms with Gasteiger partial charge in [-0.2, -0.15) is 0 Å². The van der Waals surface area contributed by atoms with Crippen molar-refractivity contribution in [1.29, 1.82) is 0 Å². The summed E-state index contributed by atoms with van der Waals surface area (Å²) in [7, 11) is 0. The largest absolute Gasteiger partial charge is 0.300 e. The maximum atomic E-state index is 11.7. The van der Waals surface area contributed by atoms with Crippen LogP contribution in [-0.2, 0) is 9.59 Å². The van der Waals surface area contributed by atoms with Crippen LogP contribution in [0.4, 0.5) is 0 Å². The fraction of sp³-hybridized carbons (Fsp3) is 0.889. The molecule has 0 aliphatic rings. The second-order valence-corrected chi connectivity index (χ2v) is 6.04. The molecule has 0 spiro atoms. The van der Waals surface area contributed by atoms with Crippen molar-refractivity contribution in [2.24, 2.45) is 5.92 Å². The highest BCUT2D eigenvalue weighted by Gasteiger charge is 2.14. The Labute approximate surface area is 125 Å². The van der Waals surface area contributed by atoms with E-state index in [9.17, 15) is 9.59 Å². The van der Waals surface area contributed by atoms with E-state index >= 15 is 0 Å². The summed E-state index contributed by atoms with van der Waals surface area (Å²) in [4.78, 5) is 23.1. The van der Waals surface area contributed by atoms with Gasteiger partial charge in [-0.1, -0.05) is 72.1 Å². The molecule has 118 valence electrons. The standard InChI is InChI=1S/C18H34O2/c1-4-6-7-8-9-10-11-12-13-14-17(19)15-16(3)18(20)5-2/h16H,4-15H2,1-3H3. The van der Waals surface area contributed by atoms with E-state index in [2.05, 4.69) is 6.92 Å². The maximum absolute atomic E-state index is 11.7. The Morgan fingerprint density at radius 1 is 0.800 bits per heavy atom. The summed E-state index contributed by atoms with van der Waals surface area (Å²) < 4.78 is 0. The lowest BCUT2D eigenvalue weighted by atomic mass is 9.96. The van der Waals surface area contributed by atoms with Gasteiger partial charge in [0.05, 0.1) is 0 Å². The Morgan fingerprint density at radius 3 is 1.80 bits per heavy atom. The van der Waals surface area contributed by atoms with Crippen molar-refractivity contribution >= 4 is 11.6 Å². The van der Waals surface area contributed by atoms with Crippen molar-refractivity contribution in [2.45, 2.75) is 97.8 Å². The van der Waals surface area contributed by atoms with Gasteiger partial charge in [0.15, 0.2) is 0 Å². The Morgan fingerprint density at radius 2 is 1.30 bits per heavy atom. The highest BCUT2D eigenvalue weighted by molar-refractivity contribution is 5.87. The van der Waals surface area contributed by atoms with Gasteiger partial charge in [0.2, 0.25) is 0 Å². The molecule has 0 saturated heterocycles. The first-order valence-electron chi connectivity index (χ1n) is 8.66. The second-order valence-electron chi connectivity index (χ2n) is 6.04. The van der Waals surface area contributed by atoms with Gasteiger partial charge < -0.3 is 0 Å². The number of Topliss-reactive ketones (excluding diaryl/α,β-unsaturated/α-hetero) is 2. The molecule has 0 heterocycles. The molecule has 0 radical (unpaired) electrons. The number of hydrogen-bond donors (Lipinski definition) is 0. The van der Waals surface area contributed by atoms with Gasteiger partial charge >= 0.3 is 0 Å². The molecule has 0 aliphatic carbocycles. The van der Waals surface area contributed by atoms with E-state index < -0.39 is 0 Å². The van der Waals surface area contributed by atoms with Crippen molar-refractivity contribution in [3.63, 3.8) is 0 Å². The quantitative estimate of drug-likeness (QED) is 0.395. The molecule has 0 amide bonds. The molecule has 20 heavy (non-hydrogen) atoms. The third kappa shape index (κ3) is 11.2. The van der Waals surface area contributed by atoms with Crippen molar-refractivity contribution in [3.8, 4) is 0 Å². The number of carbonyl (C=O) groups is 2. The molecule has 1 unspecified atom stereocenters. The zero-order valence-electron chi connectivity index (χ0n) is 13.9. The molecule has 0 saturated carbocycles. The summed E-state index contributed by atoms with van der Waals surface area (Å²) >= 11 is 0. The van der Waals surface area contributed by atoms with Gasteiger partial charge in [0.1, 0.15) is 11.6 Å². The Kier molecular flexibility index (Phi) is 12.9. The van der Waals surface area contributed by atoms with E-state index in [4.69, 9.17) is 0 Å². The number of rotatable bonds is 14. The normalized spacial score (nSPS) is 12.3. The smallest absolute Gasteiger partial charge is 0.135 e. The maximum Gasteiger partial charge on any atom is 0.135 e. The molecule has 1 atom stereocenters. The van der Waals surface area contributed by atoms with Crippen molar-refractivity contribution < 1.29 is 9.59 Å². The first kappa shape index (κ1) is 19.3. The molecule has 2 heteroatoms. The van der Waals surface area contributed by atoms with Gasteiger partial charge in [-0.25, -0.2) is 0 Å². The average Bonchev–Trinajstić information content (AvgIpc) is 2.44. The predicted octanol–water partition coefficient (Wildman–Crippen LogP) is 5.48. The first-order chi connectivity index (χ1) is 9.61. The van der Waals surface area contributed by atoms with Crippen LogP contribution in [0.5, 0.6) is 0 Å². The monoisotopic (exact) mass is 282 g/mol. The zero-order valence-corrected chi connectivity index (χ0v) is 13.9. The molecule has 0 bridgehead atoms. The lowest BCUT2D eigenvalue weighted by molar-refractivity contribution is -0.127. The molecular weight excluding hydrogens is 248 g/mol. The molecule has 0 aromatic rings. The minimum absolute atomic E-state index is 0.0777. The molecule has 2 nitrogen and oxygen atoms in total. The molecule has 0 aliphatic heterocycles. The van der Waals surface area contributed by atoms with Crippen LogP contribution in [-0.4, -0.2) is 11.6 Å². The molecule has 0 fully saturated rings. The van der Waals surface area contributed by atoms with Crippen LogP contribution in [0.1, 0.15) is 97.8 Å². The molecule has 0 N–H and O–H groups in total. The van der Waals surface area contributed by atoms with E-state index in [0.717, 1.165) is 12.8 Å². The van der Waals surface area contributed by atoms with Crippen LogP contribution in [0.2, 0.25) is 0 Å². The van der Waals surface area contributed by atoms with Gasteiger partial charge in [-0.3, -0.25) is 9.59 Å². The minimum atomic E-state index is -0.0777. The van der Waals surface area contributed by atoms with E-state index in [1.165, 1.54) is 44.9 Å². The fourth-order valence-corrected chi connectivity index (χ4v) is 2.54. The second kappa shape index (κ2) is 13.3. The van der Waals surface area contributed by atoms with Crippen molar-refractivity contribution in [3.05, 3.63) is 0 Å². The van der Waals surface area contributed by atoms with Crippen LogP contribution >= 0.6 is 0 Å². The van der Waals surface area contributed by atoms with Gasteiger partial charge in [-0.15, -0.1) is 0 Å². The van der Waals surface area contributed by atoms with Gasteiger partial charge in [0.25, 0.3) is 0 Å². The number of hydrogen-bond acceptors (Lipinski definition) is 2. The number of unbranched alkanes of at least 4 members (excludes halogenated alkanes) is 8. The SMILES string of the molecule is CCCCCCCCCCCC(=O)CC(C)C(=O)CC. The minimum Gasteiger partial charge on any atom is -0.300 e. The third-order valence-electron chi connectivity index (χ3n) is 3.99. The number of ketones is 2. The van der Waals surface area contributed by atoms with Crippen LogP contribution in [0.25, 0.3) is 0 Å². The molecule has 0 aromatic heterocycles. The van der Waals surface area contributed by atoms with Crippen molar-refractivity contribution in [1.82, 2.24) is 0 Å². The first-order valence-corrected chi connectivity index (χ1v) is 8.66. The van der Waals surface area contributed by atoms with Crippen LogP contribution in [0.3, 0.4) is 0 Å². The lowest BCUT2D eigenvalue weighted by Gasteiger charge is -2.08. The highest BCUT2D eigenvalue weighted by atomic mass is 16.1. The average molecular weight is 282 g/mol. The fourth-order valence-electron chi connectivity index (χ4n) is 2.54. The van der Waals surface area contributed by atoms with Gasteiger partial charge in [-0.05, 0) is 6.42 Å². The van der Waals surface area contributed by atoms with E-state index in [1.807, 2.05) is 13.8 Å². The van der Waals surface area contributed by atoms with Gasteiger partial charge in [0, 0.05) is 25.2 Å². The van der Waals surface area contributed by atoms with Crippen LogP contribution in [0.15, 0.2) is 0 Å². The van der Waals surface area contributed by atoms with E-state index in [1.54, 1.807) is 0 Å². The highest BCUT2D eigenvalue weighted by Crippen LogP contribution is 2.13. The summed E-state index contributed by atoms with van der Waals surface area (Å²) in [6.45, 7) is 5.98. The third-order valence-corrected chi connectivity index (χ3v) is 3.99. The summed E-state index contributed by atoms with van der Waals surface area (Å²) in [6.07, 6.45) is 13.1. The zero-order chi connectivity index (χ0) is 15.2. The summed E-state index contributed by atoms with van der Waals surface area (Å²) in [5, 5.41) is 0. The number of carbonyl (C=O) groups excluding carboxylic acids is 2. The molecular formula is C18H34O2. The molecule has 0 rings (SSSR count). The van der Waals surface area contributed by atoms with Crippen molar-refractivity contribution in [2.75, 3.05) is 0 Å². The Balaban J connectivity index is 3.37. The van der Waals surface area contributed by atoms with E-state index in [0.29, 0.717) is 19.3 Å².